The van der Waals surface area contributed by atoms with Gasteiger partial charge in [-0.2, -0.15) is 11.8 Å². The van der Waals surface area contributed by atoms with E-state index in [1.54, 1.807) is 0 Å². The molecule has 1 unspecified atom stereocenters. The van der Waals surface area contributed by atoms with Crippen molar-refractivity contribution in [3.63, 3.8) is 0 Å². The van der Waals surface area contributed by atoms with Crippen LogP contribution >= 0.6 is 11.8 Å². The topological polar surface area (TPSA) is 29.9 Å². The predicted octanol–water partition coefficient (Wildman–Crippen LogP) is 3.09. The summed E-state index contributed by atoms with van der Waals surface area (Å²) in [4.78, 5) is 4.49. The first kappa shape index (κ1) is 14.6. The summed E-state index contributed by atoms with van der Waals surface area (Å²) >= 11 is 1.98. The Morgan fingerprint density at radius 3 is 2.71 bits per heavy atom. The van der Waals surface area contributed by atoms with Gasteiger partial charge in [-0.15, -0.1) is 0 Å². The molecule has 1 aromatic heterocycles. The van der Waals surface area contributed by atoms with E-state index >= 15 is 0 Å². The van der Waals surface area contributed by atoms with E-state index in [-0.39, 0.29) is 0 Å². The van der Waals surface area contributed by atoms with Gasteiger partial charge < -0.3 is 9.88 Å². The Balaban J connectivity index is 2.69. The molecular weight excluding hydrogens is 230 g/mol. The van der Waals surface area contributed by atoms with Crippen LogP contribution in [0.2, 0.25) is 0 Å². The summed E-state index contributed by atoms with van der Waals surface area (Å²) < 4.78 is 2.56. The highest BCUT2D eigenvalue weighted by atomic mass is 32.2. The molecule has 0 saturated heterocycles. The predicted molar refractivity (Wildman–Crippen MR) is 76.5 cm³/mol. The fourth-order valence-corrected chi connectivity index (χ4v) is 2.66. The Kier molecular flexibility index (Phi) is 5.53. The molecule has 0 aliphatic rings. The smallest absolute Gasteiger partial charge is 0.126 e. The molecule has 1 rings (SSSR count). The van der Waals surface area contributed by atoms with Crippen LogP contribution in [0.1, 0.15) is 46.0 Å². The SMILES string of the molecule is CCCn1ccnc1C(CSC(C)(C)C)NC. The minimum absolute atomic E-state index is 0.303. The molecule has 1 heterocycles. The lowest BCUT2D eigenvalue weighted by Crippen LogP contribution is -2.25. The number of aromatic nitrogens is 2. The van der Waals surface area contributed by atoms with Crippen LogP contribution in [0.15, 0.2) is 12.4 Å². The largest absolute Gasteiger partial charge is 0.334 e. The number of hydrogen-bond acceptors (Lipinski definition) is 3. The van der Waals surface area contributed by atoms with Crippen molar-refractivity contribution in [2.24, 2.45) is 0 Å². The zero-order valence-electron chi connectivity index (χ0n) is 11.7. The highest BCUT2D eigenvalue weighted by molar-refractivity contribution is 8.00. The maximum atomic E-state index is 4.49. The molecule has 0 fully saturated rings. The second kappa shape index (κ2) is 6.45. The van der Waals surface area contributed by atoms with Crippen molar-refractivity contribution >= 4 is 11.8 Å². The normalized spacial score (nSPS) is 13.9. The summed E-state index contributed by atoms with van der Waals surface area (Å²) in [5.74, 6) is 2.21. The van der Waals surface area contributed by atoms with Crippen LogP contribution in [-0.2, 0) is 6.54 Å². The standard InChI is InChI=1S/C13H25N3S/c1-6-8-16-9-7-15-12(16)11(14-5)10-17-13(2,3)4/h7,9,11,14H,6,8,10H2,1-5H3. The van der Waals surface area contributed by atoms with Crippen LogP contribution in [-0.4, -0.2) is 27.1 Å². The molecule has 0 spiro atoms. The number of nitrogens with one attached hydrogen (secondary N) is 1. The summed E-state index contributed by atoms with van der Waals surface area (Å²) in [6.45, 7) is 10.0. The summed E-state index contributed by atoms with van der Waals surface area (Å²) in [6.07, 6.45) is 5.12. The lowest BCUT2D eigenvalue weighted by atomic mass is 10.3. The highest BCUT2D eigenvalue weighted by Gasteiger charge is 2.19. The van der Waals surface area contributed by atoms with E-state index in [1.807, 2.05) is 25.0 Å². The maximum Gasteiger partial charge on any atom is 0.126 e. The van der Waals surface area contributed by atoms with Gasteiger partial charge in [0.1, 0.15) is 5.82 Å². The second-order valence-electron chi connectivity index (χ2n) is 5.24. The van der Waals surface area contributed by atoms with E-state index < -0.39 is 0 Å². The Bertz CT molecular complexity index is 328. The van der Waals surface area contributed by atoms with Crippen LogP contribution in [0.5, 0.6) is 0 Å². The molecule has 0 aliphatic heterocycles. The molecule has 0 aliphatic carbocycles. The first-order valence-corrected chi connectivity index (χ1v) is 7.28. The van der Waals surface area contributed by atoms with Gasteiger partial charge in [0.05, 0.1) is 6.04 Å². The van der Waals surface area contributed by atoms with Gasteiger partial charge in [-0.3, -0.25) is 0 Å². The van der Waals surface area contributed by atoms with Crippen molar-refractivity contribution in [1.29, 1.82) is 0 Å². The van der Waals surface area contributed by atoms with E-state index in [9.17, 15) is 0 Å². The third-order valence-electron chi connectivity index (χ3n) is 2.56. The quantitative estimate of drug-likeness (QED) is 0.847. The van der Waals surface area contributed by atoms with Gasteiger partial charge in [-0.1, -0.05) is 27.7 Å². The number of nitrogens with zero attached hydrogens (tertiary/aromatic N) is 2. The Morgan fingerprint density at radius 2 is 2.18 bits per heavy atom. The first-order chi connectivity index (χ1) is 7.98. The van der Waals surface area contributed by atoms with Crippen molar-refractivity contribution in [1.82, 2.24) is 14.9 Å². The van der Waals surface area contributed by atoms with Gasteiger partial charge in [-0.25, -0.2) is 4.98 Å². The fraction of sp³-hybridized carbons (Fsp3) is 0.769. The molecule has 1 atom stereocenters. The molecule has 0 saturated carbocycles. The third-order valence-corrected chi connectivity index (χ3v) is 3.92. The molecule has 17 heavy (non-hydrogen) atoms. The van der Waals surface area contributed by atoms with Gasteiger partial charge in [0.15, 0.2) is 0 Å². The number of hydrogen-bond donors (Lipinski definition) is 1. The van der Waals surface area contributed by atoms with E-state index in [0.29, 0.717) is 10.8 Å². The molecule has 0 aromatic carbocycles. The zero-order valence-corrected chi connectivity index (χ0v) is 12.5. The number of aryl methyl sites for hydroxylation is 1. The van der Waals surface area contributed by atoms with Crippen molar-refractivity contribution in [2.45, 2.75) is 51.4 Å². The number of thioether (sulfide) groups is 1. The molecule has 0 bridgehead atoms. The van der Waals surface area contributed by atoms with Crippen LogP contribution < -0.4 is 5.32 Å². The fourth-order valence-electron chi connectivity index (χ4n) is 1.68. The van der Waals surface area contributed by atoms with Crippen LogP contribution in [0.25, 0.3) is 0 Å². The highest BCUT2D eigenvalue weighted by Crippen LogP contribution is 2.27. The number of imidazole rings is 1. The Hall–Kier alpha value is -0.480. The van der Waals surface area contributed by atoms with Crippen molar-refractivity contribution in [3.05, 3.63) is 18.2 Å². The Labute approximate surface area is 109 Å². The average Bonchev–Trinajstić information content (AvgIpc) is 2.66. The van der Waals surface area contributed by atoms with E-state index in [2.05, 4.69) is 48.8 Å². The van der Waals surface area contributed by atoms with Gasteiger partial charge >= 0.3 is 0 Å². The summed E-state index contributed by atoms with van der Waals surface area (Å²) in [6, 6.07) is 0.334. The summed E-state index contributed by atoms with van der Waals surface area (Å²) in [5, 5.41) is 3.37. The molecule has 1 aromatic rings. The zero-order chi connectivity index (χ0) is 12.9. The van der Waals surface area contributed by atoms with Crippen molar-refractivity contribution in [2.75, 3.05) is 12.8 Å². The van der Waals surface area contributed by atoms with Crippen LogP contribution in [0.3, 0.4) is 0 Å². The molecule has 4 heteroatoms. The van der Waals surface area contributed by atoms with Crippen LogP contribution in [0, 0.1) is 0 Å². The molecular formula is C13H25N3S. The van der Waals surface area contributed by atoms with Crippen molar-refractivity contribution in [3.8, 4) is 0 Å². The van der Waals surface area contributed by atoms with E-state index in [4.69, 9.17) is 0 Å². The van der Waals surface area contributed by atoms with Gasteiger partial charge in [0.25, 0.3) is 0 Å². The molecule has 3 nitrogen and oxygen atoms in total. The lowest BCUT2D eigenvalue weighted by Gasteiger charge is -2.23. The number of rotatable bonds is 6. The third kappa shape index (κ3) is 4.72. The van der Waals surface area contributed by atoms with Crippen molar-refractivity contribution < 1.29 is 0 Å². The summed E-state index contributed by atoms with van der Waals surface area (Å²) in [5.41, 5.74) is 0. The van der Waals surface area contributed by atoms with Crippen LogP contribution in [0.4, 0.5) is 0 Å². The maximum absolute atomic E-state index is 4.49. The molecule has 1 N–H and O–H groups in total. The second-order valence-corrected chi connectivity index (χ2v) is 7.09. The average molecular weight is 255 g/mol. The molecule has 0 amide bonds. The van der Waals surface area contributed by atoms with Gasteiger partial charge in [0.2, 0.25) is 0 Å². The summed E-state index contributed by atoms with van der Waals surface area (Å²) in [7, 11) is 2.01. The van der Waals surface area contributed by atoms with E-state index in [1.165, 1.54) is 0 Å². The lowest BCUT2D eigenvalue weighted by molar-refractivity contribution is 0.550. The minimum Gasteiger partial charge on any atom is -0.334 e. The Morgan fingerprint density at radius 1 is 1.47 bits per heavy atom. The van der Waals surface area contributed by atoms with Gasteiger partial charge in [0, 0.05) is 29.4 Å². The minimum atomic E-state index is 0.303. The monoisotopic (exact) mass is 255 g/mol. The first-order valence-electron chi connectivity index (χ1n) is 6.30. The molecule has 98 valence electrons. The van der Waals surface area contributed by atoms with E-state index in [0.717, 1.165) is 24.5 Å². The van der Waals surface area contributed by atoms with Gasteiger partial charge in [-0.05, 0) is 13.5 Å². The molecule has 0 radical (unpaired) electrons.